The molecule has 2 rings (SSSR count). The molecule has 12 heteroatoms. The van der Waals surface area contributed by atoms with Gasteiger partial charge in [0.25, 0.3) is 0 Å². The Balaban J connectivity index is 2.02. The standard InChI is InChI=1S/C21H30N4O7S/c1-11(26)17(24-18(28)14(22)9-12-4-6-13(27)7-5-12)19(29)23-15(10-33)20(30)25-8-2-3-16(25)21(31)32/h4-7,11,14-17,26-27,33H,2-3,8-10,22H2,1H3,(H,23,29)(H,24,28)(H,31,32). The summed E-state index contributed by atoms with van der Waals surface area (Å²) in [4.78, 5) is 50.6. The first kappa shape index (κ1) is 26.4. The lowest BCUT2D eigenvalue weighted by molar-refractivity contribution is -0.149. The van der Waals surface area contributed by atoms with E-state index in [4.69, 9.17) is 5.73 Å². The number of carboxylic acids is 1. The van der Waals surface area contributed by atoms with Crippen LogP contribution in [0.4, 0.5) is 0 Å². The molecule has 182 valence electrons. The topological polar surface area (TPSA) is 182 Å². The number of aliphatic hydroxyl groups excluding tert-OH is 1. The minimum atomic E-state index is -1.40. The van der Waals surface area contributed by atoms with Gasteiger partial charge in [0.05, 0.1) is 12.1 Å². The van der Waals surface area contributed by atoms with Gasteiger partial charge in [0.1, 0.15) is 23.9 Å². The molecule has 7 N–H and O–H groups in total. The fraction of sp³-hybridized carbons (Fsp3) is 0.524. The third kappa shape index (κ3) is 7.07. The van der Waals surface area contributed by atoms with E-state index in [2.05, 4.69) is 23.3 Å². The van der Waals surface area contributed by atoms with Crippen LogP contribution >= 0.6 is 12.6 Å². The van der Waals surface area contributed by atoms with Gasteiger partial charge >= 0.3 is 5.97 Å². The molecule has 0 bridgehead atoms. The molecule has 11 nitrogen and oxygen atoms in total. The lowest BCUT2D eigenvalue weighted by Gasteiger charge is -2.29. The Kier molecular flexibility index (Phi) is 9.50. The fourth-order valence-corrected chi connectivity index (χ4v) is 3.83. The monoisotopic (exact) mass is 482 g/mol. The van der Waals surface area contributed by atoms with E-state index >= 15 is 0 Å². The van der Waals surface area contributed by atoms with Gasteiger partial charge in [0, 0.05) is 12.3 Å². The number of aliphatic hydroxyl groups is 1. The summed E-state index contributed by atoms with van der Waals surface area (Å²) in [5, 5.41) is 33.5. The highest BCUT2D eigenvalue weighted by molar-refractivity contribution is 7.80. The number of amides is 3. The van der Waals surface area contributed by atoms with E-state index in [-0.39, 0.29) is 24.5 Å². The van der Waals surface area contributed by atoms with E-state index in [9.17, 15) is 34.5 Å². The highest BCUT2D eigenvalue weighted by atomic mass is 32.1. The molecule has 33 heavy (non-hydrogen) atoms. The molecule has 1 aliphatic heterocycles. The second-order valence-corrected chi connectivity index (χ2v) is 8.34. The normalized spacial score (nSPS) is 19.3. The lowest BCUT2D eigenvalue weighted by atomic mass is 10.0. The van der Waals surface area contributed by atoms with Crippen molar-refractivity contribution < 1.29 is 34.5 Å². The van der Waals surface area contributed by atoms with Crippen molar-refractivity contribution >= 4 is 36.3 Å². The predicted octanol–water partition coefficient (Wildman–Crippen LogP) is -1.38. The van der Waals surface area contributed by atoms with E-state index in [1.54, 1.807) is 12.1 Å². The van der Waals surface area contributed by atoms with Crippen molar-refractivity contribution in [1.82, 2.24) is 15.5 Å². The number of phenols is 1. The highest BCUT2D eigenvalue weighted by Gasteiger charge is 2.38. The molecule has 0 radical (unpaired) electrons. The van der Waals surface area contributed by atoms with Crippen LogP contribution in [0, 0.1) is 0 Å². The number of aliphatic carboxylic acids is 1. The fourth-order valence-electron chi connectivity index (χ4n) is 3.58. The number of hydrogen-bond acceptors (Lipinski definition) is 8. The van der Waals surface area contributed by atoms with E-state index in [0.717, 1.165) is 0 Å². The SMILES string of the molecule is CC(O)C(NC(=O)C(N)Cc1ccc(O)cc1)C(=O)NC(CS)C(=O)N1CCCC1C(=O)O. The molecular weight excluding hydrogens is 452 g/mol. The number of thiol groups is 1. The Bertz CT molecular complexity index is 865. The van der Waals surface area contributed by atoms with Crippen LogP contribution in [0.3, 0.4) is 0 Å². The van der Waals surface area contributed by atoms with E-state index in [1.807, 2.05) is 0 Å². The van der Waals surface area contributed by atoms with Gasteiger partial charge in [-0.25, -0.2) is 4.79 Å². The van der Waals surface area contributed by atoms with Crippen LogP contribution in [0.2, 0.25) is 0 Å². The Labute approximate surface area is 196 Å². The highest BCUT2D eigenvalue weighted by Crippen LogP contribution is 2.19. The zero-order chi connectivity index (χ0) is 24.7. The molecule has 1 fully saturated rings. The summed E-state index contributed by atoms with van der Waals surface area (Å²) in [6.45, 7) is 1.55. The molecule has 5 atom stereocenters. The average molecular weight is 483 g/mol. The van der Waals surface area contributed by atoms with Crippen LogP contribution in [0.5, 0.6) is 5.75 Å². The Morgan fingerprint density at radius 3 is 2.36 bits per heavy atom. The van der Waals surface area contributed by atoms with E-state index < -0.39 is 54.0 Å². The van der Waals surface area contributed by atoms with Crippen molar-refractivity contribution in [3.8, 4) is 5.75 Å². The van der Waals surface area contributed by atoms with Crippen LogP contribution in [0.25, 0.3) is 0 Å². The number of nitrogens with one attached hydrogen (secondary N) is 2. The zero-order valence-corrected chi connectivity index (χ0v) is 19.1. The quantitative estimate of drug-likeness (QED) is 0.199. The van der Waals surface area contributed by atoms with Crippen LogP contribution in [-0.4, -0.2) is 86.5 Å². The molecule has 1 aliphatic rings. The van der Waals surface area contributed by atoms with E-state index in [0.29, 0.717) is 18.4 Å². The van der Waals surface area contributed by atoms with Crippen LogP contribution in [0.1, 0.15) is 25.3 Å². The maximum Gasteiger partial charge on any atom is 0.326 e. The summed E-state index contributed by atoms with van der Waals surface area (Å²) in [7, 11) is 0. The summed E-state index contributed by atoms with van der Waals surface area (Å²) in [5.74, 6) is -3.27. The number of carbonyl (C=O) groups is 4. The van der Waals surface area contributed by atoms with Crippen LogP contribution in [0.15, 0.2) is 24.3 Å². The number of phenolic OH excluding ortho intramolecular Hbond substituents is 1. The van der Waals surface area contributed by atoms with Gasteiger partial charge in [-0.3, -0.25) is 14.4 Å². The first-order valence-electron chi connectivity index (χ1n) is 10.5. The molecule has 5 unspecified atom stereocenters. The lowest BCUT2D eigenvalue weighted by Crippen LogP contribution is -2.60. The van der Waals surface area contributed by atoms with Gasteiger partial charge in [0.15, 0.2) is 0 Å². The minimum Gasteiger partial charge on any atom is -0.508 e. The molecule has 0 aliphatic carbocycles. The van der Waals surface area contributed by atoms with Gasteiger partial charge in [-0.1, -0.05) is 12.1 Å². The smallest absolute Gasteiger partial charge is 0.326 e. The number of nitrogens with zero attached hydrogens (tertiary/aromatic N) is 1. The van der Waals surface area contributed by atoms with Crippen molar-refractivity contribution in [2.45, 2.75) is 56.5 Å². The predicted molar refractivity (Wildman–Crippen MR) is 122 cm³/mol. The molecular formula is C21H30N4O7S. The van der Waals surface area contributed by atoms with Gasteiger partial charge in [-0.15, -0.1) is 0 Å². The summed E-state index contributed by atoms with van der Waals surface area (Å²) >= 11 is 4.09. The molecule has 1 aromatic carbocycles. The van der Waals surface area contributed by atoms with Gasteiger partial charge in [0.2, 0.25) is 17.7 Å². The number of rotatable bonds is 10. The van der Waals surface area contributed by atoms with Crippen LogP contribution in [-0.2, 0) is 25.6 Å². The minimum absolute atomic E-state index is 0.0690. The Morgan fingerprint density at radius 2 is 1.82 bits per heavy atom. The molecule has 0 spiro atoms. The van der Waals surface area contributed by atoms with Gasteiger partial charge in [-0.05, 0) is 43.9 Å². The van der Waals surface area contributed by atoms with Crippen LogP contribution < -0.4 is 16.4 Å². The van der Waals surface area contributed by atoms with E-state index in [1.165, 1.54) is 24.0 Å². The van der Waals surface area contributed by atoms with Crippen molar-refractivity contribution in [1.29, 1.82) is 0 Å². The third-order valence-corrected chi connectivity index (χ3v) is 5.77. The number of benzene rings is 1. The molecule has 1 heterocycles. The first-order chi connectivity index (χ1) is 15.5. The van der Waals surface area contributed by atoms with Crippen molar-refractivity contribution in [2.24, 2.45) is 5.73 Å². The number of nitrogens with two attached hydrogens (primary N) is 1. The summed E-state index contributed by atoms with van der Waals surface area (Å²) in [6.07, 6.45) is -0.325. The number of carboxylic acid groups (broad SMARTS) is 1. The summed E-state index contributed by atoms with van der Waals surface area (Å²) in [6, 6.07) is 1.58. The number of hydrogen-bond donors (Lipinski definition) is 7. The third-order valence-electron chi connectivity index (χ3n) is 5.41. The average Bonchev–Trinajstić information content (AvgIpc) is 3.26. The second kappa shape index (κ2) is 11.9. The molecule has 0 aromatic heterocycles. The molecule has 1 aromatic rings. The summed E-state index contributed by atoms with van der Waals surface area (Å²) in [5.41, 5.74) is 6.61. The number of carbonyl (C=O) groups excluding carboxylic acids is 3. The Morgan fingerprint density at radius 1 is 1.18 bits per heavy atom. The first-order valence-corrected chi connectivity index (χ1v) is 11.1. The maximum absolute atomic E-state index is 12.8. The largest absolute Gasteiger partial charge is 0.508 e. The molecule has 3 amide bonds. The van der Waals surface area contributed by atoms with Crippen molar-refractivity contribution in [2.75, 3.05) is 12.3 Å². The molecule has 0 saturated carbocycles. The maximum atomic E-state index is 12.8. The summed E-state index contributed by atoms with van der Waals surface area (Å²) < 4.78 is 0. The molecule has 1 saturated heterocycles. The number of likely N-dealkylation sites (tertiary alicyclic amines) is 1. The second-order valence-electron chi connectivity index (χ2n) is 7.98. The zero-order valence-electron chi connectivity index (χ0n) is 18.2. The van der Waals surface area contributed by atoms with Crippen molar-refractivity contribution in [3.05, 3.63) is 29.8 Å². The Hall–Kier alpha value is -2.83. The van der Waals surface area contributed by atoms with Crippen molar-refractivity contribution in [3.63, 3.8) is 0 Å². The van der Waals surface area contributed by atoms with Gasteiger partial charge < -0.3 is 36.6 Å². The van der Waals surface area contributed by atoms with Gasteiger partial charge in [-0.2, -0.15) is 12.6 Å². The number of aromatic hydroxyl groups is 1.